The van der Waals surface area contributed by atoms with Crippen LogP contribution in [0.1, 0.15) is 37.9 Å². The zero-order valence-electron chi connectivity index (χ0n) is 20.0. The minimum atomic E-state index is -3.57. The topological polar surface area (TPSA) is 88.0 Å². The number of hydrogen-bond acceptors (Lipinski definition) is 6. The zero-order chi connectivity index (χ0) is 23.7. The molecule has 186 valence electrons. The summed E-state index contributed by atoms with van der Waals surface area (Å²) in [6.45, 7) is 5.13. The van der Waals surface area contributed by atoms with Crippen molar-refractivity contribution in [3.05, 3.63) is 24.0 Å². The highest BCUT2D eigenvalue weighted by atomic mass is 32.2. The second kappa shape index (κ2) is 9.93. The van der Waals surface area contributed by atoms with Gasteiger partial charge in [-0.25, -0.2) is 13.4 Å². The Kier molecular flexibility index (Phi) is 6.92. The molecule has 0 atom stereocenters. The molecule has 3 fully saturated rings. The van der Waals surface area contributed by atoms with E-state index >= 15 is 0 Å². The number of ether oxygens (including phenoxy) is 1. The number of amides is 1. The van der Waals surface area contributed by atoms with Gasteiger partial charge in [0.2, 0.25) is 15.9 Å². The van der Waals surface area contributed by atoms with Gasteiger partial charge in [-0.3, -0.25) is 9.69 Å². The smallest absolute Gasteiger partial charge is 0.243 e. The third-order valence-electron chi connectivity index (χ3n) is 7.62. The molecule has 0 bridgehead atoms. The average Bonchev–Trinajstić information content (AvgIpc) is 3.51. The molecule has 10 heteroatoms. The molecular weight excluding hydrogens is 454 g/mol. The maximum Gasteiger partial charge on any atom is 0.243 e. The maximum absolute atomic E-state index is 13.0. The normalized spacial score (nSPS) is 21.5. The van der Waals surface area contributed by atoms with Crippen LogP contribution >= 0.6 is 0 Å². The number of imidazole rings is 1. The average molecular weight is 490 g/mol. The molecule has 1 aliphatic carbocycles. The molecule has 2 saturated heterocycles. The third kappa shape index (κ3) is 4.73. The van der Waals surface area contributed by atoms with Crippen molar-refractivity contribution in [2.24, 2.45) is 7.05 Å². The van der Waals surface area contributed by atoms with Crippen molar-refractivity contribution in [1.82, 2.24) is 23.7 Å². The number of nitrogens with zero attached hydrogens (tertiary/aromatic N) is 5. The molecule has 0 unspecified atom stereocenters. The lowest BCUT2D eigenvalue weighted by Crippen LogP contribution is -2.51. The summed E-state index contributed by atoms with van der Waals surface area (Å²) in [4.78, 5) is 22.4. The predicted molar refractivity (Wildman–Crippen MR) is 129 cm³/mol. The lowest BCUT2D eigenvalue weighted by molar-refractivity contribution is -0.133. The minimum absolute atomic E-state index is 0.175. The Morgan fingerprint density at radius 3 is 2.47 bits per heavy atom. The maximum atomic E-state index is 13.0. The first-order valence-corrected chi connectivity index (χ1v) is 13.9. The highest BCUT2D eigenvalue weighted by molar-refractivity contribution is 7.89. The lowest BCUT2D eigenvalue weighted by atomic mass is 10.1. The number of fused-ring (bicyclic) bond motifs is 1. The summed E-state index contributed by atoms with van der Waals surface area (Å²) in [5.41, 5.74) is 1.51. The first-order chi connectivity index (χ1) is 16.4. The number of aromatic nitrogens is 2. The van der Waals surface area contributed by atoms with Crippen molar-refractivity contribution in [2.45, 2.75) is 49.5 Å². The molecule has 0 N–H and O–H groups in total. The number of rotatable bonds is 6. The van der Waals surface area contributed by atoms with Crippen LogP contribution in [0.5, 0.6) is 0 Å². The number of morpholine rings is 1. The van der Waals surface area contributed by atoms with E-state index in [9.17, 15) is 13.2 Å². The van der Waals surface area contributed by atoms with Crippen LogP contribution in [0.25, 0.3) is 11.0 Å². The number of sulfonamides is 1. The monoisotopic (exact) mass is 489 g/mol. The van der Waals surface area contributed by atoms with E-state index in [0.29, 0.717) is 50.7 Å². The van der Waals surface area contributed by atoms with Crippen molar-refractivity contribution >= 4 is 27.0 Å². The van der Waals surface area contributed by atoms with Crippen LogP contribution in [0.4, 0.5) is 0 Å². The van der Waals surface area contributed by atoms with E-state index < -0.39 is 10.0 Å². The van der Waals surface area contributed by atoms with Crippen molar-refractivity contribution in [2.75, 3.05) is 52.5 Å². The van der Waals surface area contributed by atoms with Crippen LogP contribution in [-0.2, 0) is 33.0 Å². The fourth-order valence-corrected chi connectivity index (χ4v) is 6.96. The van der Waals surface area contributed by atoms with Crippen LogP contribution < -0.4 is 0 Å². The highest BCUT2D eigenvalue weighted by Crippen LogP contribution is 2.25. The van der Waals surface area contributed by atoms with Crippen LogP contribution in [0, 0.1) is 0 Å². The summed E-state index contributed by atoms with van der Waals surface area (Å²) in [5, 5.41) is 0. The van der Waals surface area contributed by atoms with E-state index in [0.717, 1.165) is 37.5 Å². The van der Waals surface area contributed by atoms with E-state index in [1.165, 1.54) is 30.0 Å². The number of hydrogen-bond donors (Lipinski definition) is 0. The molecule has 5 rings (SSSR count). The molecule has 3 aliphatic rings. The molecule has 1 amide bonds. The second-order valence-electron chi connectivity index (χ2n) is 9.61. The second-order valence-corrected chi connectivity index (χ2v) is 11.5. The molecule has 2 aromatic rings. The SMILES string of the molecule is Cn1c(CCC(=O)N2CCN(C3CCCC3)CC2)nc2cc(S(=O)(=O)N3CCOCC3)ccc21. The number of carbonyl (C=O) groups is 1. The predicted octanol–water partition coefficient (Wildman–Crippen LogP) is 1.61. The fraction of sp³-hybridized carbons (Fsp3) is 0.667. The number of aryl methyl sites for hydroxylation is 2. The van der Waals surface area contributed by atoms with E-state index in [1.54, 1.807) is 12.1 Å². The summed E-state index contributed by atoms with van der Waals surface area (Å²) >= 11 is 0. The van der Waals surface area contributed by atoms with E-state index in [2.05, 4.69) is 9.88 Å². The summed E-state index contributed by atoms with van der Waals surface area (Å²) in [7, 11) is -1.65. The summed E-state index contributed by atoms with van der Waals surface area (Å²) in [5.74, 6) is 0.975. The van der Waals surface area contributed by atoms with E-state index in [4.69, 9.17) is 4.74 Å². The number of carbonyl (C=O) groups excluding carboxylic acids is 1. The first-order valence-electron chi connectivity index (χ1n) is 12.5. The minimum Gasteiger partial charge on any atom is -0.379 e. The van der Waals surface area contributed by atoms with Gasteiger partial charge in [-0.2, -0.15) is 4.31 Å². The Morgan fingerprint density at radius 1 is 1.06 bits per heavy atom. The molecule has 1 aromatic carbocycles. The molecule has 1 aromatic heterocycles. The molecule has 0 radical (unpaired) electrons. The molecular formula is C24H35N5O4S. The van der Waals surface area contributed by atoms with Crippen LogP contribution in [0.2, 0.25) is 0 Å². The van der Waals surface area contributed by atoms with Crippen molar-refractivity contribution in [1.29, 1.82) is 0 Å². The lowest BCUT2D eigenvalue weighted by Gasteiger charge is -2.38. The van der Waals surface area contributed by atoms with E-state index in [-0.39, 0.29) is 10.8 Å². The quantitative estimate of drug-likeness (QED) is 0.613. The number of piperazine rings is 1. The molecule has 0 spiro atoms. The van der Waals surface area contributed by atoms with Crippen molar-refractivity contribution in [3.63, 3.8) is 0 Å². The van der Waals surface area contributed by atoms with Gasteiger partial charge in [0, 0.05) is 65.2 Å². The Balaban J connectivity index is 1.22. The van der Waals surface area contributed by atoms with Crippen molar-refractivity contribution < 1.29 is 17.9 Å². The molecule has 34 heavy (non-hydrogen) atoms. The Morgan fingerprint density at radius 2 is 1.76 bits per heavy atom. The van der Waals surface area contributed by atoms with Gasteiger partial charge in [-0.15, -0.1) is 0 Å². The Hall–Kier alpha value is -2.01. The van der Waals surface area contributed by atoms with E-state index in [1.807, 2.05) is 22.6 Å². The van der Waals surface area contributed by atoms with Gasteiger partial charge in [-0.05, 0) is 31.0 Å². The fourth-order valence-electron chi connectivity index (χ4n) is 5.53. The van der Waals surface area contributed by atoms with Crippen LogP contribution in [0.3, 0.4) is 0 Å². The standard InChI is InChI=1S/C24H35N5O4S/c1-26-22-7-6-20(34(31,32)29-14-16-33-17-15-29)18-21(22)25-23(26)8-9-24(30)28-12-10-27(11-13-28)19-4-2-3-5-19/h6-7,18-19H,2-5,8-17H2,1H3. The van der Waals surface area contributed by atoms with Crippen molar-refractivity contribution in [3.8, 4) is 0 Å². The van der Waals surface area contributed by atoms with Gasteiger partial charge in [0.05, 0.1) is 29.1 Å². The molecule has 3 heterocycles. The summed E-state index contributed by atoms with van der Waals surface area (Å²) < 4.78 is 34.7. The van der Waals surface area contributed by atoms with Crippen LogP contribution in [0.15, 0.2) is 23.1 Å². The van der Waals surface area contributed by atoms with Crippen LogP contribution in [-0.4, -0.2) is 96.5 Å². The van der Waals surface area contributed by atoms with Gasteiger partial charge in [-0.1, -0.05) is 12.8 Å². The van der Waals surface area contributed by atoms with Gasteiger partial charge in [0.1, 0.15) is 5.82 Å². The van der Waals surface area contributed by atoms with Gasteiger partial charge >= 0.3 is 0 Å². The zero-order valence-corrected chi connectivity index (χ0v) is 20.8. The Bertz CT molecular complexity index is 1130. The third-order valence-corrected chi connectivity index (χ3v) is 9.52. The summed E-state index contributed by atoms with van der Waals surface area (Å²) in [6.07, 6.45) is 6.23. The molecule has 1 saturated carbocycles. The Labute approximate surface area is 201 Å². The van der Waals surface area contributed by atoms with Gasteiger partial charge < -0.3 is 14.2 Å². The number of benzene rings is 1. The van der Waals surface area contributed by atoms with Gasteiger partial charge in [0.15, 0.2) is 0 Å². The summed E-state index contributed by atoms with van der Waals surface area (Å²) in [6, 6.07) is 5.82. The first kappa shape index (κ1) is 23.7. The van der Waals surface area contributed by atoms with Gasteiger partial charge in [0.25, 0.3) is 0 Å². The largest absolute Gasteiger partial charge is 0.379 e. The molecule has 9 nitrogen and oxygen atoms in total. The highest BCUT2D eigenvalue weighted by Gasteiger charge is 2.29. The molecule has 2 aliphatic heterocycles.